The van der Waals surface area contributed by atoms with Gasteiger partial charge in [-0.2, -0.15) is 0 Å². The van der Waals surface area contributed by atoms with Crippen LogP contribution in [0.15, 0.2) is 0 Å². The lowest BCUT2D eigenvalue weighted by molar-refractivity contribution is -0.567. The average molecular weight is 217 g/mol. The predicted molar refractivity (Wildman–Crippen MR) is 56.2 cm³/mol. The van der Waals surface area contributed by atoms with E-state index in [2.05, 4.69) is 0 Å². The van der Waals surface area contributed by atoms with E-state index in [-0.39, 0.29) is 23.7 Å². The molecule has 88 valence electrons. The SMILES string of the molecule is CCCC(C)(CCC(=O)OCC)[N+](=O)[O-]. The zero-order valence-corrected chi connectivity index (χ0v) is 9.62. The molecule has 5 nitrogen and oxygen atoms in total. The van der Waals surface area contributed by atoms with E-state index >= 15 is 0 Å². The molecule has 1 atom stereocenters. The number of ether oxygens (including phenoxy) is 1. The summed E-state index contributed by atoms with van der Waals surface area (Å²) in [6.07, 6.45) is 1.58. The summed E-state index contributed by atoms with van der Waals surface area (Å²) >= 11 is 0. The number of hydrogen-bond donors (Lipinski definition) is 0. The quantitative estimate of drug-likeness (QED) is 0.372. The van der Waals surface area contributed by atoms with E-state index in [1.165, 1.54) is 0 Å². The van der Waals surface area contributed by atoms with Crippen molar-refractivity contribution in [2.75, 3.05) is 6.61 Å². The summed E-state index contributed by atoms with van der Waals surface area (Å²) in [7, 11) is 0. The van der Waals surface area contributed by atoms with Gasteiger partial charge in [-0.3, -0.25) is 14.9 Å². The van der Waals surface area contributed by atoms with E-state index in [1.807, 2.05) is 6.92 Å². The Morgan fingerprint density at radius 2 is 2.00 bits per heavy atom. The van der Waals surface area contributed by atoms with Crippen LogP contribution in [0.25, 0.3) is 0 Å². The molecule has 0 aliphatic rings. The van der Waals surface area contributed by atoms with Crippen molar-refractivity contribution in [3.63, 3.8) is 0 Å². The first-order valence-electron chi connectivity index (χ1n) is 5.26. The minimum absolute atomic E-state index is 0.116. The van der Waals surface area contributed by atoms with Gasteiger partial charge in [0, 0.05) is 24.7 Å². The molecule has 0 radical (unpaired) electrons. The summed E-state index contributed by atoms with van der Waals surface area (Å²) in [6.45, 7) is 5.51. The van der Waals surface area contributed by atoms with Crippen LogP contribution in [0.4, 0.5) is 0 Å². The van der Waals surface area contributed by atoms with Crippen LogP contribution in [0, 0.1) is 10.1 Å². The van der Waals surface area contributed by atoms with E-state index in [9.17, 15) is 14.9 Å². The fraction of sp³-hybridized carbons (Fsp3) is 0.900. The number of carbonyl (C=O) groups excluding carboxylic acids is 1. The molecule has 5 heteroatoms. The third kappa shape index (κ3) is 4.76. The first kappa shape index (κ1) is 13.9. The highest BCUT2D eigenvalue weighted by Gasteiger charge is 2.36. The Morgan fingerprint density at radius 3 is 2.40 bits per heavy atom. The van der Waals surface area contributed by atoms with Gasteiger partial charge >= 0.3 is 5.97 Å². The first-order chi connectivity index (χ1) is 6.96. The Bertz CT molecular complexity index is 229. The van der Waals surface area contributed by atoms with Crippen LogP contribution in [0.3, 0.4) is 0 Å². The van der Waals surface area contributed by atoms with Gasteiger partial charge in [-0.05, 0) is 13.3 Å². The van der Waals surface area contributed by atoms with Gasteiger partial charge in [0.25, 0.3) is 0 Å². The van der Waals surface area contributed by atoms with Crippen LogP contribution < -0.4 is 0 Å². The zero-order valence-electron chi connectivity index (χ0n) is 9.62. The topological polar surface area (TPSA) is 69.4 Å². The lowest BCUT2D eigenvalue weighted by atomic mass is 9.91. The number of rotatable bonds is 7. The minimum Gasteiger partial charge on any atom is -0.466 e. The number of carbonyl (C=O) groups is 1. The summed E-state index contributed by atoms with van der Waals surface area (Å²) in [4.78, 5) is 21.6. The van der Waals surface area contributed by atoms with Crippen molar-refractivity contribution in [2.24, 2.45) is 0 Å². The van der Waals surface area contributed by atoms with Gasteiger partial charge < -0.3 is 4.74 Å². The van der Waals surface area contributed by atoms with E-state index in [1.54, 1.807) is 13.8 Å². The minimum atomic E-state index is -0.999. The van der Waals surface area contributed by atoms with E-state index in [0.29, 0.717) is 13.0 Å². The van der Waals surface area contributed by atoms with E-state index in [4.69, 9.17) is 4.74 Å². The molecule has 0 bridgehead atoms. The Hall–Kier alpha value is -1.13. The maximum Gasteiger partial charge on any atom is 0.306 e. The van der Waals surface area contributed by atoms with Gasteiger partial charge in [-0.25, -0.2) is 0 Å². The van der Waals surface area contributed by atoms with Gasteiger partial charge in [-0.1, -0.05) is 6.92 Å². The van der Waals surface area contributed by atoms with Crippen LogP contribution in [-0.4, -0.2) is 23.0 Å². The fourth-order valence-electron chi connectivity index (χ4n) is 1.45. The van der Waals surface area contributed by atoms with Crippen molar-refractivity contribution in [2.45, 2.75) is 52.0 Å². The largest absolute Gasteiger partial charge is 0.466 e. The molecule has 0 fully saturated rings. The van der Waals surface area contributed by atoms with Crippen LogP contribution in [0.2, 0.25) is 0 Å². The molecule has 0 spiro atoms. The lowest BCUT2D eigenvalue weighted by Crippen LogP contribution is -2.35. The smallest absolute Gasteiger partial charge is 0.306 e. The molecule has 0 amide bonds. The molecule has 15 heavy (non-hydrogen) atoms. The molecule has 0 aromatic carbocycles. The molecule has 0 N–H and O–H groups in total. The molecule has 0 aliphatic carbocycles. The van der Waals surface area contributed by atoms with E-state index in [0.717, 1.165) is 6.42 Å². The Labute approximate surface area is 90.0 Å². The van der Waals surface area contributed by atoms with Crippen LogP contribution >= 0.6 is 0 Å². The zero-order chi connectivity index (χ0) is 11.9. The van der Waals surface area contributed by atoms with E-state index < -0.39 is 5.54 Å². The maximum atomic E-state index is 11.1. The number of nitrogens with zero attached hydrogens (tertiary/aromatic N) is 1. The normalized spacial score (nSPS) is 14.3. The molecule has 0 heterocycles. The molecule has 0 aromatic heterocycles. The van der Waals surface area contributed by atoms with Gasteiger partial charge in [0.05, 0.1) is 13.0 Å². The summed E-state index contributed by atoms with van der Waals surface area (Å²) in [5.41, 5.74) is -0.999. The molecular formula is C10H19NO4. The molecular weight excluding hydrogens is 198 g/mol. The summed E-state index contributed by atoms with van der Waals surface area (Å²) in [6, 6.07) is 0. The Kier molecular flexibility index (Phi) is 5.89. The number of nitro groups is 1. The fourth-order valence-corrected chi connectivity index (χ4v) is 1.45. The van der Waals surface area contributed by atoms with Gasteiger partial charge in [0.15, 0.2) is 0 Å². The molecule has 0 aromatic rings. The highest BCUT2D eigenvalue weighted by molar-refractivity contribution is 5.69. The summed E-state index contributed by atoms with van der Waals surface area (Å²) < 4.78 is 4.73. The first-order valence-corrected chi connectivity index (χ1v) is 5.26. The van der Waals surface area contributed by atoms with Crippen LogP contribution in [0.5, 0.6) is 0 Å². The molecule has 0 aliphatic heterocycles. The van der Waals surface area contributed by atoms with Crippen LogP contribution in [-0.2, 0) is 9.53 Å². The molecule has 0 saturated carbocycles. The van der Waals surface area contributed by atoms with Crippen molar-refractivity contribution in [1.29, 1.82) is 0 Å². The highest BCUT2D eigenvalue weighted by Crippen LogP contribution is 2.22. The molecule has 1 unspecified atom stereocenters. The molecule has 0 saturated heterocycles. The molecule has 0 rings (SSSR count). The van der Waals surface area contributed by atoms with Crippen molar-refractivity contribution < 1.29 is 14.5 Å². The average Bonchev–Trinajstić information content (AvgIpc) is 2.15. The highest BCUT2D eigenvalue weighted by atomic mass is 16.6. The predicted octanol–water partition coefficient (Wildman–Crippen LogP) is 2.17. The third-order valence-corrected chi connectivity index (χ3v) is 2.40. The Balaban J connectivity index is 4.18. The van der Waals surface area contributed by atoms with Gasteiger partial charge in [0.1, 0.15) is 0 Å². The maximum absolute atomic E-state index is 11.1. The van der Waals surface area contributed by atoms with Crippen molar-refractivity contribution >= 4 is 5.97 Å². The van der Waals surface area contributed by atoms with Gasteiger partial charge in [0.2, 0.25) is 5.54 Å². The second kappa shape index (κ2) is 6.37. The number of esters is 1. The Morgan fingerprint density at radius 1 is 1.40 bits per heavy atom. The second-order valence-corrected chi connectivity index (χ2v) is 3.81. The number of hydrogen-bond acceptors (Lipinski definition) is 4. The van der Waals surface area contributed by atoms with Gasteiger partial charge in [-0.15, -0.1) is 0 Å². The van der Waals surface area contributed by atoms with Crippen molar-refractivity contribution in [1.82, 2.24) is 0 Å². The summed E-state index contributed by atoms with van der Waals surface area (Å²) in [5, 5.41) is 10.8. The lowest BCUT2D eigenvalue weighted by Gasteiger charge is -2.19. The van der Waals surface area contributed by atoms with Crippen molar-refractivity contribution in [3.05, 3.63) is 10.1 Å². The third-order valence-electron chi connectivity index (χ3n) is 2.40. The second-order valence-electron chi connectivity index (χ2n) is 3.81. The monoisotopic (exact) mass is 217 g/mol. The van der Waals surface area contributed by atoms with Crippen molar-refractivity contribution in [3.8, 4) is 0 Å². The summed E-state index contributed by atoms with van der Waals surface area (Å²) in [5.74, 6) is -0.360. The standard InChI is InChI=1S/C10H19NO4/c1-4-7-10(3,11(13)14)8-6-9(12)15-5-2/h4-8H2,1-3H3. The van der Waals surface area contributed by atoms with Crippen LogP contribution in [0.1, 0.15) is 46.5 Å².